The van der Waals surface area contributed by atoms with Gasteiger partial charge in [0, 0.05) is 12.0 Å². The van der Waals surface area contributed by atoms with E-state index in [2.05, 4.69) is 103 Å². The first kappa shape index (κ1) is 193. The van der Waals surface area contributed by atoms with Crippen molar-refractivity contribution in [2.45, 2.75) is 176 Å². The monoisotopic (exact) mass is 1050 g/mol. The molecule has 22 heteroatoms. The highest BCUT2D eigenvalue weighted by Crippen LogP contribution is 2.40. The van der Waals surface area contributed by atoms with Gasteiger partial charge >= 0.3 is 0 Å². The third kappa shape index (κ3) is 63.4. The summed E-state index contributed by atoms with van der Waals surface area (Å²) in [7, 11) is 0. The predicted octanol–water partition coefficient (Wildman–Crippen LogP) is 13.8. The summed E-state index contributed by atoms with van der Waals surface area (Å²) in [5, 5.41) is 3.59. The summed E-state index contributed by atoms with van der Waals surface area (Å²) < 4.78 is 0. The zero-order valence-corrected chi connectivity index (χ0v) is 36.6. The van der Waals surface area contributed by atoms with Gasteiger partial charge in [-0.2, -0.15) is 0 Å². The molecular formula is C49H112N2O20-18. The van der Waals surface area contributed by atoms with Gasteiger partial charge in [-0.1, -0.05) is 148 Å². The number of benzene rings is 2. The number of anilines is 3. The number of ketones is 1. The van der Waals surface area contributed by atoms with E-state index in [9.17, 15) is 9.59 Å². The fraction of sp³-hybridized carbons (Fsp3) is 0.551. The van der Waals surface area contributed by atoms with Crippen LogP contribution < -0.4 is 10.2 Å². The van der Waals surface area contributed by atoms with Crippen molar-refractivity contribution in [3.63, 3.8) is 0 Å². The maximum absolute atomic E-state index is 13.7. The molecule has 456 valence electrons. The number of Topliss-reactive ketones (excluding diaryl/α,β-unsaturated/α-hetero) is 1. The van der Waals surface area contributed by atoms with Crippen molar-refractivity contribution in [3.8, 4) is 12.8 Å². The lowest BCUT2D eigenvalue weighted by Gasteiger charge is -2.23. The lowest BCUT2D eigenvalue weighted by molar-refractivity contribution is -0.124. The number of amides is 1. The molecule has 0 saturated carbocycles. The van der Waals surface area contributed by atoms with E-state index in [0.29, 0.717) is 6.54 Å². The highest BCUT2D eigenvalue weighted by atomic mass is 16.2. The molecule has 71 heavy (non-hydrogen) atoms. The summed E-state index contributed by atoms with van der Waals surface area (Å²) in [4.78, 5) is 26.1. The molecule has 1 aliphatic rings. The summed E-state index contributed by atoms with van der Waals surface area (Å²) in [5.41, 5.74) is 11.0. The summed E-state index contributed by atoms with van der Waals surface area (Å²) >= 11 is 0. The third-order valence-corrected chi connectivity index (χ3v) is 7.55. The van der Waals surface area contributed by atoms with Gasteiger partial charge in [0.2, 0.25) is 0 Å². The smallest absolute Gasteiger partial charge is 0.260 e. The molecule has 0 aromatic heterocycles. The second kappa shape index (κ2) is 91.7. The molecule has 0 spiro atoms. The number of carbonyl (C=O) groups is 2. The Labute approximate surface area is 434 Å². The van der Waals surface area contributed by atoms with E-state index >= 15 is 0 Å². The highest BCUT2D eigenvalue weighted by molar-refractivity contribution is 6.14. The first-order valence-corrected chi connectivity index (χ1v) is 15.2. The molecule has 0 fully saturated rings. The Balaban J connectivity index is -0.0000000179. The van der Waals surface area contributed by atoms with Crippen molar-refractivity contribution in [2.24, 2.45) is 5.41 Å². The van der Waals surface area contributed by atoms with Crippen molar-refractivity contribution in [1.82, 2.24) is 0 Å². The lowest BCUT2D eigenvalue weighted by Crippen LogP contribution is -2.30. The van der Waals surface area contributed by atoms with Gasteiger partial charge in [0.1, 0.15) is 5.78 Å². The normalized spacial score (nSPS) is 7.73. The summed E-state index contributed by atoms with van der Waals surface area (Å²) in [5.74, 6) is 0.293. The van der Waals surface area contributed by atoms with E-state index < -0.39 is 0 Å². The van der Waals surface area contributed by atoms with E-state index in [1.807, 2.05) is 37.8 Å². The van der Waals surface area contributed by atoms with E-state index in [-0.39, 0.29) is 190 Å². The first-order chi connectivity index (χ1) is 20.1. The first-order valence-electron chi connectivity index (χ1n) is 15.2. The molecule has 0 unspecified atom stereocenters. The van der Waals surface area contributed by atoms with Crippen molar-refractivity contribution in [3.05, 3.63) is 87.5 Å². The van der Waals surface area contributed by atoms with Crippen LogP contribution in [-0.4, -0.2) is 117 Å². The minimum absolute atomic E-state index is 0. The van der Waals surface area contributed by atoms with Crippen LogP contribution >= 0.6 is 0 Å². The summed E-state index contributed by atoms with van der Waals surface area (Å²) in [6.07, 6.45) is 19.2. The van der Waals surface area contributed by atoms with Gasteiger partial charge < -0.3 is 109 Å². The molecule has 0 saturated heterocycles. The number of fused-ring (bicyclic) bond motifs is 2. The molecule has 0 atom stereocenters. The minimum Gasteiger partial charge on any atom is -0.870 e. The van der Waals surface area contributed by atoms with E-state index in [4.69, 9.17) is 0 Å². The van der Waals surface area contributed by atoms with Crippen molar-refractivity contribution >= 4 is 28.8 Å². The second-order valence-corrected chi connectivity index (χ2v) is 12.8. The molecule has 1 heterocycles. The van der Waals surface area contributed by atoms with Crippen LogP contribution in [-0.2, 0) is 4.79 Å². The number of aryl methyl sites for hydroxylation is 3. The highest BCUT2D eigenvalue weighted by Gasteiger charge is 2.28. The molecule has 22 nitrogen and oxygen atoms in total. The number of allylic oxidation sites excluding steroid dienone is 5. The van der Waals surface area contributed by atoms with E-state index in [1.54, 1.807) is 6.92 Å². The number of nitrogens with zero attached hydrogens (tertiary/aromatic N) is 1. The number of hydrogen-bond acceptors (Lipinski definition) is 21. The number of rotatable bonds is 8. The fourth-order valence-electron chi connectivity index (χ4n) is 4.48. The molecule has 0 radical (unpaired) electrons. The van der Waals surface area contributed by atoms with Crippen LogP contribution in [0.1, 0.15) is 182 Å². The maximum Gasteiger partial charge on any atom is 0.260 e. The number of hydrogen-bond donors (Lipinski definition) is 1. The lowest BCUT2D eigenvalue weighted by atomic mass is 9.92. The molecular weight excluding hydrogens is 937 g/mol. The third-order valence-electron chi connectivity index (χ3n) is 7.55. The fourth-order valence-corrected chi connectivity index (χ4v) is 4.48. The zero-order valence-electron chi connectivity index (χ0n) is 36.6. The van der Waals surface area contributed by atoms with Gasteiger partial charge in [-0.25, -0.2) is 0 Å². The standard InChI is InChI=1S/C31H40N2O.C6H12O.C2H2.10CH4.18H2O/c1-21(2)11-8-12-22(3)13-9-14-23(4)17-18-33-28-20-24(5)19-26(7)30(28)32-29-25(6)15-10-16-27(29)31(33)34;1-5(7)6(2,3)4;1-2;;;;;;;;;;;;;;;;;;;;;;;;;;;;/h10-11,13,15-17,19-20,32H,8-9,12,14,18H2,1-7H3;1-4H3;1-2H;10*1H4;18*1H2/p-18/b22-13+,23-17+;;;;;;;;;;;;;;;;;;;;;;;;;;;;;;. The maximum atomic E-state index is 13.7. The van der Waals surface area contributed by atoms with Gasteiger partial charge in [0.15, 0.2) is 0 Å². The molecule has 2 aromatic carbocycles. The number of nitrogens with one attached hydrogen (secondary N) is 1. The molecule has 19 N–H and O–H groups in total. The van der Waals surface area contributed by atoms with Crippen LogP contribution in [0.2, 0.25) is 0 Å². The van der Waals surface area contributed by atoms with Crippen molar-refractivity contribution in [2.75, 3.05) is 16.8 Å². The summed E-state index contributed by atoms with van der Waals surface area (Å²) in [6.45, 7) is 22.9. The van der Waals surface area contributed by atoms with Gasteiger partial charge in [0.25, 0.3) is 5.91 Å². The molecule has 1 aliphatic heterocycles. The van der Waals surface area contributed by atoms with Crippen LogP contribution in [0.25, 0.3) is 0 Å². The average molecular weight is 1050 g/mol. The molecule has 0 bridgehead atoms. The Morgan fingerprint density at radius 2 is 0.873 bits per heavy atom. The number of terminal acetylenes is 1. The van der Waals surface area contributed by atoms with Gasteiger partial charge in [0.05, 0.1) is 22.6 Å². The average Bonchev–Trinajstić information content (AvgIpc) is 3.03. The topological polar surface area (TPSA) is 589 Å². The minimum atomic E-state index is -0.139. The molecule has 2 aromatic rings. The van der Waals surface area contributed by atoms with Crippen LogP contribution in [0.3, 0.4) is 0 Å². The largest absolute Gasteiger partial charge is 0.870 e. The van der Waals surface area contributed by atoms with Crippen molar-refractivity contribution in [1.29, 1.82) is 0 Å². The van der Waals surface area contributed by atoms with Gasteiger partial charge in [-0.3, -0.25) is 9.59 Å². The Kier molecular flexibility index (Phi) is 249. The van der Waals surface area contributed by atoms with Crippen LogP contribution in [0.4, 0.5) is 17.1 Å². The molecule has 3 rings (SSSR count). The van der Waals surface area contributed by atoms with Crippen LogP contribution in [0.5, 0.6) is 0 Å². The van der Waals surface area contributed by atoms with Crippen molar-refractivity contribution < 1.29 is 108 Å². The Morgan fingerprint density at radius 1 is 0.535 bits per heavy atom. The van der Waals surface area contributed by atoms with E-state index in [1.165, 1.54) is 16.7 Å². The van der Waals surface area contributed by atoms with Gasteiger partial charge in [-0.05, 0) is 110 Å². The SMILES string of the molecule is C.C.C.C.C.C.C.C.C.C.C#C.CC(=O)C(C)(C)C.CC(C)=CCC/C(C)=C/CC/C(C)=C/CN1C(=O)c2cccc(C)c2Nc2c(C)cc(C)cc21.[OH-].[OH-].[OH-].[OH-].[OH-].[OH-].[OH-].[OH-].[OH-].[OH-].[OH-].[OH-].[OH-].[OH-].[OH-].[OH-].[OH-].[OH-]. The van der Waals surface area contributed by atoms with Crippen LogP contribution in [0, 0.1) is 39.0 Å². The Hall–Kier alpha value is -4.56. The summed E-state index contributed by atoms with van der Waals surface area (Å²) in [6, 6.07) is 10.2. The Morgan fingerprint density at radius 3 is 1.21 bits per heavy atom. The molecule has 0 aliphatic carbocycles. The zero-order chi connectivity index (χ0) is 32.9. The van der Waals surface area contributed by atoms with Gasteiger partial charge in [-0.15, -0.1) is 12.8 Å². The van der Waals surface area contributed by atoms with E-state index in [0.717, 1.165) is 65.0 Å². The second-order valence-electron chi connectivity index (χ2n) is 12.8. The molecule has 1 amide bonds. The predicted molar refractivity (Wildman–Crippen MR) is 290 cm³/mol. The number of carbonyl (C=O) groups excluding carboxylic acids is 2. The number of para-hydroxylation sites is 1. The quantitative estimate of drug-likeness (QED) is 0.189. The van der Waals surface area contributed by atoms with Crippen LogP contribution in [0.15, 0.2) is 65.3 Å². The Bertz CT molecular complexity index is 1430.